The Morgan fingerprint density at radius 1 is 0.885 bits per heavy atom. The number of benzene rings is 3. The molecule has 1 heterocycles. The lowest BCUT2D eigenvalue weighted by Crippen LogP contribution is -2.02. The Morgan fingerprint density at radius 3 is 2.35 bits per heavy atom. The molecule has 0 amide bonds. The minimum atomic E-state index is -0.0757. The Balaban J connectivity index is 1.72. The average Bonchev–Trinajstić information content (AvgIpc) is 3.06. The summed E-state index contributed by atoms with van der Waals surface area (Å²) in [5, 5.41) is 0.997. The number of carbonyl (C=O) groups excluding carboxylic acids is 1. The minimum Gasteiger partial charge on any atom is -0.452 e. The molecule has 26 heavy (non-hydrogen) atoms. The van der Waals surface area contributed by atoms with Gasteiger partial charge >= 0.3 is 0 Å². The van der Waals surface area contributed by atoms with E-state index < -0.39 is 0 Å². The fourth-order valence-corrected chi connectivity index (χ4v) is 4.02. The normalized spacial score (nSPS) is 11.0. The molecular formula is C22H15BrO2S. The number of fused-ring (bicyclic) bond motifs is 1. The number of halogens is 1. The first-order valence-corrected chi connectivity index (χ1v) is 9.99. The summed E-state index contributed by atoms with van der Waals surface area (Å²) in [6, 6.07) is 25.3. The predicted molar refractivity (Wildman–Crippen MR) is 110 cm³/mol. The molecule has 0 atom stereocenters. The predicted octanol–water partition coefficient (Wildman–Crippen LogP) is 6.72. The quantitative estimate of drug-likeness (QED) is 0.264. The second-order valence-corrected chi connectivity index (χ2v) is 7.81. The first-order valence-electron chi connectivity index (χ1n) is 8.21. The lowest BCUT2D eigenvalue weighted by molar-refractivity contribution is 0.101. The van der Waals surface area contributed by atoms with Crippen LogP contribution in [-0.4, -0.2) is 5.78 Å². The number of ketones is 1. The maximum atomic E-state index is 13.0. The van der Waals surface area contributed by atoms with E-state index in [1.54, 1.807) is 11.8 Å². The van der Waals surface area contributed by atoms with Crippen LogP contribution in [0.4, 0.5) is 0 Å². The van der Waals surface area contributed by atoms with E-state index in [1.807, 2.05) is 66.7 Å². The molecule has 0 aliphatic carbocycles. The molecule has 0 bridgehead atoms. The van der Waals surface area contributed by atoms with Gasteiger partial charge in [-0.1, -0.05) is 64.5 Å². The van der Waals surface area contributed by atoms with Gasteiger partial charge in [-0.2, -0.15) is 0 Å². The van der Waals surface area contributed by atoms with E-state index in [1.165, 1.54) is 0 Å². The van der Waals surface area contributed by atoms with Crippen LogP contribution in [0.1, 0.15) is 21.7 Å². The Morgan fingerprint density at radius 2 is 1.58 bits per heavy atom. The topological polar surface area (TPSA) is 30.2 Å². The van der Waals surface area contributed by atoms with Crippen molar-refractivity contribution in [3.05, 3.63) is 100 Å². The second-order valence-electron chi connectivity index (χ2n) is 5.84. The van der Waals surface area contributed by atoms with Crippen LogP contribution < -0.4 is 0 Å². The third kappa shape index (κ3) is 3.48. The zero-order valence-electron chi connectivity index (χ0n) is 13.8. The summed E-state index contributed by atoms with van der Waals surface area (Å²) < 4.78 is 7.00. The molecule has 0 spiro atoms. The first-order chi connectivity index (χ1) is 12.7. The third-order valence-corrected chi connectivity index (χ3v) is 5.70. The Kier molecular flexibility index (Phi) is 4.96. The number of hydrogen-bond acceptors (Lipinski definition) is 3. The molecule has 4 heteroatoms. The molecule has 4 aromatic rings. The van der Waals surface area contributed by atoms with Gasteiger partial charge in [-0.15, -0.1) is 11.8 Å². The molecule has 0 fully saturated rings. The largest absolute Gasteiger partial charge is 0.452 e. The Labute approximate surface area is 164 Å². The van der Waals surface area contributed by atoms with Crippen LogP contribution in [0.15, 0.2) is 92.6 Å². The van der Waals surface area contributed by atoms with Gasteiger partial charge in [0.15, 0.2) is 5.76 Å². The third-order valence-electron chi connectivity index (χ3n) is 4.14. The summed E-state index contributed by atoms with van der Waals surface area (Å²) in [6.45, 7) is 0. The van der Waals surface area contributed by atoms with Crippen LogP contribution in [0, 0.1) is 0 Å². The summed E-state index contributed by atoms with van der Waals surface area (Å²) in [5.74, 6) is 1.03. The van der Waals surface area contributed by atoms with Crippen LogP contribution >= 0.6 is 27.7 Å². The molecule has 128 valence electrons. The molecule has 0 aliphatic rings. The van der Waals surface area contributed by atoms with E-state index >= 15 is 0 Å². The molecule has 0 aliphatic heterocycles. The van der Waals surface area contributed by atoms with Crippen molar-refractivity contribution in [3.63, 3.8) is 0 Å². The summed E-state index contributed by atoms with van der Waals surface area (Å²) in [5.41, 5.74) is 2.34. The maximum Gasteiger partial charge on any atom is 0.228 e. The standard InChI is InChI=1S/C22H15BrO2S/c23-16-10-12-17(13-11-16)26-14-19-18-8-4-5-9-20(18)25-22(19)21(24)15-6-2-1-3-7-15/h1-13H,14H2. The van der Waals surface area contributed by atoms with Crippen LogP contribution in [0.25, 0.3) is 11.0 Å². The van der Waals surface area contributed by atoms with Crippen molar-refractivity contribution in [2.45, 2.75) is 10.6 Å². The van der Waals surface area contributed by atoms with E-state index in [9.17, 15) is 4.79 Å². The fourth-order valence-electron chi connectivity index (χ4n) is 2.83. The van der Waals surface area contributed by atoms with Crippen molar-refractivity contribution in [2.24, 2.45) is 0 Å². The van der Waals surface area contributed by atoms with Gasteiger partial charge in [-0.25, -0.2) is 0 Å². The molecular weight excluding hydrogens is 408 g/mol. The van der Waals surface area contributed by atoms with Gasteiger partial charge in [-0.05, 0) is 30.3 Å². The van der Waals surface area contributed by atoms with Crippen LogP contribution in [0.2, 0.25) is 0 Å². The van der Waals surface area contributed by atoms with Crippen molar-refractivity contribution in [1.29, 1.82) is 0 Å². The molecule has 0 N–H and O–H groups in total. The fraction of sp³-hybridized carbons (Fsp3) is 0.0455. The molecule has 1 aromatic heterocycles. The Hall–Kier alpha value is -2.30. The van der Waals surface area contributed by atoms with Crippen molar-refractivity contribution >= 4 is 44.4 Å². The summed E-state index contributed by atoms with van der Waals surface area (Å²) in [4.78, 5) is 14.1. The van der Waals surface area contributed by atoms with Crippen molar-refractivity contribution < 1.29 is 9.21 Å². The molecule has 4 rings (SSSR count). The van der Waals surface area contributed by atoms with Crippen molar-refractivity contribution in [2.75, 3.05) is 0 Å². The monoisotopic (exact) mass is 422 g/mol. The highest BCUT2D eigenvalue weighted by Crippen LogP contribution is 2.33. The molecule has 0 saturated heterocycles. The number of thioether (sulfide) groups is 1. The highest BCUT2D eigenvalue weighted by Gasteiger charge is 2.21. The highest BCUT2D eigenvalue weighted by atomic mass is 79.9. The smallest absolute Gasteiger partial charge is 0.228 e. The van der Waals surface area contributed by atoms with Gasteiger partial charge in [0.1, 0.15) is 5.58 Å². The lowest BCUT2D eigenvalue weighted by atomic mass is 10.0. The molecule has 0 unspecified atom stereocenters. The highest BCUT2D eigenvalue weighted by molar-refractivity contribution is 9.10. The number of para-hydroxylation sites is 1. The van der Waals surface area contributed by atoms with E-state index in [0.29, 0.717) is 17.1 Å². The molecule has 0 radical (unpaired) electrons. The minimum absolute atomic E-state index is 0.0757. The van der Waals surface area contributed by atoms with Gasteiger partial charge in [-0.3, -0.25) is 4.79 Å². The van der Waals surface area contributed by atoms with Gasteiger partial charge in [0.05, 0.1) is 0 Å². The van der Waals surface area contributed by atoms with Gasteiger partial charge in [0.25, 0.3) is 0 Å². The zero-order valence-corrected chi connectivity index (χ0v) is 16.2. The Bertz CT molecular complexity index is 1050. The van der Waals surface area contributed by atoms with Crippen molar-refractivity contribution in [3.8, 4) is 0 Å². The van der Waals surface area contributed by atoms with Gasteiger partial charge in [0.2, 0.25) is 5.78 Å². The van der Waals surface area contributed by atoms with Gasteiger partial charge < -0.3 is 4.42 Å². The van der Waals surface area contributed by atoms with E-state index in [2.05, 4.69) is 28.1 Å². The second kappa shape index (κ2) is 7.52. The molecule has 2 nitrogen and oxygen atoms in total. The number of furan rings is 1. The van der Waals surface area contributed by atoms with Gasteiger partial charge in [0, 0.05) is 31.6 Å². The summed E-state index contributed by atoms with van der Waals surface area (Å²) >= 11 is 5.15. The SMILES string of the molecule is O=C(c1ccccc1)c1oc2ccccc2c1CSc1ccc(Br)cc1. The van der Waals surface area contributed by atoms with Crippen LogP contribution in [-0.2, 0) is 5.75 Å². The summed E-state index contributed by atoms with van der Waals surface area (Å²) in [6.07, 6.45) is 0. The van der Waals surface area contributed by atoms with Crippen LogP contribution in [0.3, 0.4) is 0 Å². The van der Waals surface area contributed by atoms with E-state index in [-0.39, 0.29) is 5.78 Å². The number of rotatable bonds is 5. The first kappa shape index (κ1) is 17.1. The van der Waals surface area contributed by atoms with Crippen LogP contribution in [0.5, 0.6) is 0 Å². The average molecular weight is 423 g/mol. The number of hydrogen-bond donors (Lipinski definition) is 0. The van der Waals surface area contributed by atoms with E-state index in [0.717, 1.165) is 25.9 Å². The lowest BCUT2D eigenvalue weighted by Gasteiger charge is -2.04. The number of carbonyl (C=O) groups is 1. The van der Waals surface area contributed by atoms with E-state index in [4.69, 9.17) is 4.42 Å². The molecule has 0 saturated carbocycles. The summed E-state index contributed by atoms with van der Waals surface area (Å²) in [7, 11) is 0. The van der Waals surface area contributed by atoms with Crippen molar-refractivity contribution in [1.82, 2.24) is 0 Å². The maximum absolute atomic E-state index is 13.0. The zero-order chi connectivity index (χ0) is 17.9. The molecule has 3 aromatic carbocycles.